The molecule has 0 aliphatic rings. The zero-order valence-corrected chi connectivity index (χ0v) is 25.2. The van der Waals surface area contributed by atoms with E-state index in [9.17, 15) is 23.5 Å². The molecule has 0 saturated carbocycles. The molecular weight excluding hydrogens is 590 g/mol. The number of carbonyl (C=O) groups excluding carboxylic acids is 2. The Hall–Kier alpha value is -5.22. The monoisotopic (exact) mass is 624 g/mol. The van der Waals surface area contributed by atoms with Gasteiger partial charge in [-0.05, 0) is 88.0 Å². The van der Waals surface area contributed by atoms with E-state index in [4.69, 9.17) is 10.8 Å². The lowest BCUT2D eigenvalue weighted by atomic mass is 10.0. The van der Waals surface area contributed by atoms with Crippen LogP contribution in [0.2, 0.25) is 0 Å². The summed E-state index contributed by atoms with van der Waals surface area (Å²) >= 11 is 0. The Bertz CT molecular complexity index is 1830. The molecule has 0 fully saturated rings. The molecule has 5 rings (SSSR count). The summed E-state index contributed by atoms with van der Waals surface area (Å²) in [5.74, 6) is -1.55. The highest BCUT2D eigenvalue weighted by molar-refractivity contribution is 5.97. The van der Waals surface area contributed by atoms with Gasteiger partial charge >= 0.3 is 5.97 Å². The van der Waals surface area contributed by atoms with Crippen LogP contribution in [0.15, 0.2) is 109 Å². The van der Waals surface area contributed by atoms with E-state index in [-0.39, 0.29) is 42.9 Å². The van der Waals surface area contributed by atoms with E-state index >= 15 is 0 Å². The third-order valence-corrected chi connectivity index (χ3v) is 7.14. The van der Waals surface area contributed by atoms with Crippen molar-refractivity contribution in [1.82, 2.24) is 5.32 Å². The van der Waals surface area contributed by atoms with Crippen LogP contribution in [-0.4, -0.2) is 29.2 Å². The third kappa shape index (κ3) is 8.70. The number of esters is 1. The normalized spacial score (nSPS) is 10.5. The van der Waals surface area contributed by atoms with Crippen LogP contribution in [0.5, 0.6) is 0 Å². The molecule has 0 radical (unpaired) electrons. The number of carbonyl (C=O) groups is 2. The van der Waals surface area contributed by atoms with Crippen molar-refractivity contribution in [2.75, 3.05) is 7.11 Å². The molecule has 5 aromatic rings. The third-order valence-electron chi connectivity index (χ3n) is 7.14. The second-order valence-corrected chi connectivity index (χ2v) is 10.3. The van der Waals surface area contributed by atoms with E-state index < -0.39 is 5.97 Å². The van der Waals surface area contributed by atoms with Crippen molar-refractivity contribution in [3.05, 3.63) is 154 Å². The van der Waals surface area contributed by atoms with Crippen molar-refractivity contribution in [1.29, 1.82) is 0 Å². The standard InChI is InChI=1S/C23H20FNO4.C14H14FNO/c1-29-23(28)19-7-3-6-18(12-19)22(27)25-13-15-8-9-21(24)20(11-15)17-5-2-4-16(10-17)14-26;15-14-5-4-10(8-16)7-13(14)12-3-1-2-11(6-12)9-17/h2-12,26H,13-14H2,1H3,(H,25,27);1-7,17H,8-9,16H2. The summed E-state index contributed by atoms with van der Waals surface area (Å²) in [5, 5.41) is 21.1. The number of amides is 1. The van der Waals surface area contributed by atoms with Crippen LogP contribution in [-0.2, 0) is 31.0 Å². The van der Waals surface area contributed by atoms with Gasteiger partial charge in [0.1, 0.15) is 11.6 Å². The van der Waals surface area contributed by atoms with Crippen molar-refractivity contribution in [2.45, 2.75) is 26.3 Å². The Morgan fingerprint density at radius 2 is 1.20 bits per heavy atom. The molecule has 46 heavy (non-hydrogen) atoms. The van der Waals surface area contributed by atoms with Crippen molar-refractivity contribution in [3.63, 3.8) is 0 Å². The number of nitrogens with two attached hydrogens (primary N) is 1. The van der Waals surface area contributed by atoms with E-state index in [0.29, 0.717) is 39.9 Å². The number of benzene rings is 5. The summed E-state index contributed by atoms with van der Waals surface area (Å²) in [6, 6.07) is 29.9. The second kappa shape index (κ2) is 16.2. The molecule has 0 spiro atoms. The van der Waals surface area contributed by atoms with Crippen LogP contribution in [0.3, 0.4) is 0 Å². The molecule has 0 aliphatic heterocycles. The number of nitrogens with one attached hydrogen (secondary N) is 1. The lowest BCUT2D eigenvalue weighted by molar-refractivity contribution is 0.0600. The predicted octanol–water partition coefficient (Wildman–Crippen LogP) is 6.15. The Balaban J connectivity index is 0.000000240. The Kier molecular flexibility index (Phi) is 11.9. The average Bonchev–Trinajstić information content (AvgIpc) is 3.11. The molecule has 0 heterocycles. The molecule has 0 aromatic heterocycles. The van der Waals surface area contributed by atoms with Gasteiger partial charge in [0.25, 0.3) is 5.91 Å². The first kappa shape index (κ1) is 33.7. The van der Waals surface area contributed by atoms with Gasteiger partial charge in [-0.25, -0.2) is 13.6 Å². The Morgan fingerprint density at radius 3 is 1.74 bits per heavy atom. The molecule has 5 aromatic carbocycles. The van der Waals surface area contributed by atoms with Crippen molar-refractivity contribution >= 4 is 11.9 Å². The molecule has 236 valence electrons. The number of methoxy groups -OCH3 is 1. The molecular formula is C37H34F2N2O5. The lowest BCUT2D eigenvalue weighted by Gasteiger charge is -2.10. The molecule has 0 atom stereocenters. The molecule has 0 aliphatic carbocycles. The molecule has 7 nitrogen and oxygen atoms in total. The minimum Gasteiger partial charge on any atom is -0.465 e. The van der Waals surface area contributed by atoms with Gasteiger partial charge in [-0.3, -0.25) is 4.79 Å². The minimum absolute atomic E-state index is 0.0496. The molecule has 0 unspecified atom stereocenters. The van der Waals surface area contributed by atoms with Crippen molar-refractivity contribution in [3.8, 4) is 22.3 Å². The van der Waals surface area contributed by atoms with Gasteiger partial charge in [-0.1, -0.05) is 54.6 Å². The predicted molar refractivity (Wildman–Crippen MR) is 172 cm³/mol. The number of rotatable bonds is 9. The summed E-state index contributed by atoms with van der Waals surface area (Å²) < 4.78 is 32.7. The number of ether oxygens (including phenoxy) is 1. The van der Waals surface area contributed by atoms with E-state index in [1.54, 1.807) is 84.9 Å². The van der Waals surface area contributed by atoms with Gasteiger partial charge in [-0.15, -0.1) is 0 Å². The fourth-order valence-electron chi connectivity index (χ4n) is 4.69. The van der Waals surface area contributed by atoms with E-state index in [0.717, 1.165) is 16.7 Å². The van der Waals surface area contributed by atoms with Crippen LogP contribution in [0.4, 0.5) is 8.78 Å². The highest BCUT2D eigenvalue weighted by Crippen LogP contribution is 2.26. The number of halogens is 2. The largest absolute Gasteiger partial charge is 0.465 e. The molecule has 0 bridgehead atoms. The van der Waals surface area contributed by atoms with Crippen molar-refractivity contribution < 1.29 is 33.3 Å². The van der Waals surface area contributed by atoms with Gasteiger partial charge in [-0.2, -0.15) is 0 Å². The van der Waals surface area contributed by atoms with E-state index in [1.165, 1.54) is 25.3 Å². The van der Waals surface area contributed by atoms with Crippen molar-refractivity contribution in [2.24, 2.45) is 5.73 Å². The van der Waals surface area contributed by atoms with Gasteiger partial charge < -0.3 is 26.0 Å². The minimum atomic E-state index is -0.520. The number of aliphatic hydroxyl groups is 2. The first-order valence-corrected chi connectivity index (χ1v) is 14.4. The first-order valence-electron chi connectivity index (χ1n) is 14.4. The van der Waals surface area contributed by atoms with Crippen LogP contribution in [0.25, 0.3) is 22.3 Å². The fourth-order valence-corrected chi connectivity index (χ4v) is 4.69. The van der Waals surface area contributed by atoms with E-state index in [2.05, 4.69) is 10.1 Å². The second-order valence-electron chi connectivity index (χ2n) is 10.3. The SMILES string of the molecule is COC(=O)c1cccc(C(=O)NCc2ccc(F)c(-c3cccc(CO)c3)c2)c1.NCc1ccc(F)c(-c2cccc(CO)c2)c1. The summed E-state index contributed by atoms with van der Waals surface area (Å²) in [6.45, 7) is 0.392. The maximum atomic E-state index is 14.3. The number of hydrogen-bond acceptors (Lipinski definition) is 6. The number of aliphatic hydroxyl groups excluding tert-OH is 2. The zero-order chi connectivity index (χ0) is 33.1. The summed E-state index contributed by atoms with van der Waals surface area (Å²) in [7, 11) is 1.28. The van der Waals surface area contributed by atoms with Gasteiger partial charge in [0, 0.05) is 29.8 Å². The molecule has 0 saturated heterocycles. The smallest absolute Gasteiger partial charge is 0.337 e. The zero-order valence-electron chi connectivity index (χ0n) is 25.2. The Morgan fingerprint density at radius 1 is 0.674 bits per heavy atom. The van der Waals surface area contributed by atoms with Crippen LogP contribution in [0.1, 0.15) is 43.0 Å². The fraction of sp³-hybridized carbons (Fsp3) is 0.135. The highest BCUT2D eigenvalue weighted by Gasteiger charge is 2.12. The summed E-state index contributed by atoms with van der Waals surface area (Å²) in [6.07, 6.45) is 0. The molecule has 5 N–H and O–H groups in total. The Labute approximate surface area is 265 Å². The number of hydrogen-bond donors (Lipinski definition) is 4. The van der Waals surface area contributed by atoms with Gasteiger partial charge in [0.05, 0.1) is 25.9 Å². The van der Waals surface area contributed by atoms with Crippen LogP contribution < -0.4 is 11.1 Å². The van der Waals surface area contributed by atoms with Crippen LogP contribution in [0, 0.1) is 11.6 Å². The lowest BCUT2D eigenvalue weighted by Crippen LogP contribution is -2.23. The summed E-state index contributed by atoms with van der Waals surface area (Å²) in [4.78, 5) is 24.0. The van der Waals surface area contributed by atoms with Crippen LogP contribution >= 0.6 is 0 Å². The van der Waals surface area contributed by atoms with E-state index in [1.807, 2.05) is 6.07 Å². The van der Waals surface area contributed by atoms with Gasteiger partial charge in [0.2, 0.25) is 0 Å². The average molecular weight is 625 g/mol. The quantitative estimate of drug-likeness (QED) is 0.146. The highest BCUT2D eigenvalue weighted by atomic mass is 19.1. The maximum Gasteiger partial charge on any atom is 0.337 e. The molecule has 1 amide bonds. The molecule has 9 heteroatoms. The first-order chi connectivity index (χ1) is 22.3. The maximum absolute atomic E-state index is 14.3. The van der Waals surface area contributed by atoms with Gasteiger partial charge in [0.15, 0.2) is 0 Å². The topological polar surface area (TPSA) is 122 Å². The summed E-state index contributed by atoms with van der Waals surface area (Å²) in [5.41, 5.74) is 11.5.